The van der Waals surface area contributed by atoms with E-state index in [4.69, 9.17) is 13.9 Å². The minimum absolute atomic E-state index is 0.0668. The molecule has 8 heteroatoms. The molecule has 1 spiro atoms. The third kappa shape index (κ3) is 3.19. The van der Waals surface area contributed by atoms with E-state index in [1.165, 1.54) is 0 Å². The predicted octanol–water partition coefficient (Wildman–Crippen LogP) is 6.14. The first-order chi connectivity index (χ1) is 21.6. The molecule has 4 aliphatic rings. The molecular formula is C36H24N2O6. The van der Waals surface area contributed by atoms with Crippen molar-refractivity contribution in [1.82, 2.24) is 4.90 Å². The molecule has 44 heavy (non-hydrogen) atoms. The third-order valence-electron chi connectivity index (χ3n) is 9.45. The van der Waals surface area contributed by atoms with Gasteiger partial charge in [0, 0.05) is 22.8 Å². The second-order valence-corrected chi connectivity index (χ2v) is 11.5. The number of rotatable bonds is 4. The van der Waals surface area contributed by atoms with Crippen LogP contribution < -0.4 is 14.8 Å². The van der Waals surface area contributed by atoms with Crippen LogP contribution in [-0.2, 0) is 10.2 Å². The van der Waals surface area contributed by atoms with Crippen molar-refractivity contribution >= 4 is 40.2 Å². The van der Waals surface area contributed by atoms with E-state index in [9.17, 15) is 9.59 Å². The van der Waals surface area contributed by atoms with Gasteiger partial charge in [0.25, 0.3) is 0 Å². The van der Waals surface area contributed by atoms with Crippen LogP contribution in [0.2, 0.25) is 0 Å². The average Bonchev–Trinajstić information content (AvgIpc) is 3.83. The molecule has 5 heterocycles. The van der Waals surface area contributed by atoms with Gasteiger partial charge in [-0.3, -0.25) is 14.4 Å². The van der Waals surface area contributed by atoms with E-state index in [1.807, 2.05) is 83.9 Å². The van der Waals surface area contributed by atoms with Gasteiger partial charge in [-0.25, -0.2) is 0 Å². The summed E-state index contributed by atoms with van der Waals surface area (Å²) in [7, 11) is 0. The SMILES string of the molecule is O=C(c1ccc2c(c1)OCO2)[C@@H]1[C@H](C(=O)c2cc3ccccc3o2)[C@]2(C(=O)Nc3ccccc32)[C@H]2c3ccccc3C=CN12. The van der Waals surface area contributed by atoms with Gasteiger partial charge in [0.15, 0.2) is 23.0 Å². The number of furan rings is 1. The first-order valence-electron chi connectivity index (χ1n) is 14.5. The van der Waals surface area contributed by atoms with Gasteiger partial charge in [-0.05, 0) is 59.2 Å². The van der Waals surface area contributed by atoms with E-state index < -0.39 is 29.2 Å². The van der Waals surface area contributed by atoms with Crippen LogP contribution in [0, 0.1) is 5.92 Å². The number of hydrogen-bond acceptors (Lipinski definition) is 7. The Morgan fingerprint density at radius 2 is 1.64 bits per heavy atom. The zero-order valence-electron chi connectivity index (χ0n) is 23.2. The van der Waals surface area contributed by atoms with Gasteiger partial charge < -0.3 is 24.1 Å². The minimum Gasteiger partial charge on any atom is -0.454 e. The molecule has 1 N–H and O–H groups in total. The molecule has 0 aliphatic carbocycles. The van der Waals surface area contributed by atoms with E-state index in [2.05, 4.69) is 5.32 Å². The fourth-order valence-electron chi connectivity index (χ4n) is 7.64. The van der Waals surface area contributed by atoms with Gasteiger partial charge in [-0.2, -0.15) is 0 Å². The van der Waals surface area contributed by atoms with Crippen LogP contribution in [0.15, 0.2) is 108 Å². The number of carbonyl (C=O) groups is 3. The lowest BCUT2D eigenvalue weighted by Gasteiger charge is -2.38. The molecule has 1 saturated heterocycles. The quantitative estimate of drug-likeness (QED) is 0.255. The number of ether oxygens (including phenoxy) is 2. The number of benzene rings is 4. The Bertz CT molecular complexity index is 2060. The van der Waals surface area contributed by atoms with E-state index in [-0.39, 0.29) is 24.2 Å². The van der Waals surface area contributed by atoms with Crippen LogP contribution >= 0.6 is 0 Å². The Morgan fingerprint density at radius 1 is 0.841 bits per heavy atom. The molecule has 5 aromatic rings. The van der Waals surface area contributed by atoms with Gasteiger partial charge in [-0.1, -0.05) is 60.7 Å². The average molecular weight is 581 g/mol. The Kier molecular flexibility index (Phi) is 5.06. The Morgan fingerprint density at radius 3 is 2.55 bits per heavy atom. The van der Waals surface area contributed by atoms with Gasteiger partial charge in [-0.15, -0.1) is 0 Å². The zero-order chi connectivity index (χ0) is 29.6. The highest BCUT2D eigenvalue weighted by molar-refractivity contribution is 6.16. The second kappa shape index (κ2) is 8.94. The predicted molar refractivity (Wildman–Crippen MR) is 162 cm³/mol. The van der Waals surface area contributed by atoms with Gasteiger partial charge in [0.2, 0.25) is 18.5 Å². The van der Waals surface area contributed by atoms with E-state index in [0.717, 1.165) is 16.5 Å². The number of amides is 1. The van der Waals surface area contributed by atoms with Crippen molar-refractivity contribution < 1.29 is 28.3 Å². The van der Waals surface area contributed by atoms with Crippen LogP contribution in [0.5, 0.6) is 11.5 Å². The Hall–Kier alpha value is -5.63. The molecule has 4 aliphatic heterocycles. The number of Topliss-reactive ketones (excluding diaryl/α,β-unsaturated/α-hetero) is 2. The number of hydrogen-bond donors (Lipinski definition) is 1. The van der Waals surface area contributed by atoms with E-state index in [1.54, 1.807) is 30.3 Å². The van der Waals surface area contributed by atoms with Crippen molar-refractivity contribution in [2.75, 3.05) is 12.1 Å². The molecule has 9 rings (SSSR count). The summed E-state index contributed by atoms with van der Waals surface area (Å²) in [6.07, 6.45) is 3.79. The van der Waals surface area contributed by atoms with Crippen molar-refractivity contribution in [3.8, 4) is 11.5 Å². The smallest absolute Gasteiger partial charge is 0.238 e. The zero-order valence-corrected chi connectivity index (χ0v) is 23.2. The summed E-state index contributed by atoms with van der Waals surface area (Å²) in [6.45, 7) is 0.0668. The van der Waals surface area contributed by atoms with Gasteiger partial charge in [0.05, 0.1) is 12.0 Å². The van der Waals surface area contributed by atoms with E-state index >= 15 is 4.79 Å². The highest BCUT2D eigenvalue weighted by atomic mass is 16.7. The minimum atomic E-state index is -1.44. The molecular weight excluding hydrogens is 556 g/mol. The number of para-hydroxylation sites is 2. The van der Waals surface area contributed by atoms with Crippen LogP contribution in [-0.4, -0.2) is 35.2 Å². The van der Waals surface area contributed by atoms with Gasteiger partial charge in [0.1, 0.15) is 17.0 Å². The Balaban J connectivity index is 1.32. The summed E-state index contributed by atoms with van der Waals surface area (Å²) >= 11 is 0. The molecule has 4 atom stereocenters. The molecule has 1 fully saturated rings. The lowest BCUT2D eigenvalue weighted by molar-refractivity contribution is -0.122. The van der Waals surface area contributed by atoms with Crippen LogP contribution in [0.4, 0.5) is 5.69 Å². The standard InChI is InChI=1S/C36H24N2O6/c39-32(22-13-14-27-28(18-22)43-19-42-27)31-30(33(40)29-17-21-8-2-6-12-26(21)44-29)36(24-10-4-5-11-25(24)37-35(36)41)34-23-9-3-1-7-20(23)15-16-38(31)34/h1-18,30-31,34H,19H2,(H,37,41)/t30-,31+,34-,36+/m1/s1. The summed E-state index contributed by atoms with van der Waals surface area (Å²) in [4.78, 5) is 46.3. The lowest BCUT2D eigenvalue weighted by Crippen LogP contribution is -2.49. The van der Waals surface area contributed by atoms with Crippen molar-refractivity contribution in [1.29, 1.82) is 0 Å². The lowest BCUT2D eigenvalue weighted by atomic mass is 9.63. The van der Waals surface area contributed by atoms with E-state index in [0.29, 0.717) is 33.9 Å². The first-order valence-corrected chi connectivity index (χ1v) is 14.5. The highest BCUT2D eigenvalue weighted by Gasteiger charge is 2.71. The number of fused-ring (bicyclic) bond motifs is 8. The molecule has 1 aromatic heterocycles. The summed E-state index contributed by atoms with van der Waals surface area (Å²) in [5, 5.41) is 3.83. The molecule has 214 valence electrons. The van der Waals surface area contributed by atoms with Crippen molar-refractivity contribution in [2.45, 2.75) is 17.5 Å². The van der Waals surface area contributed by atoms with Gasteiger partial charge >= 0.3 is 0 Å². The third-order valence-corrected chi connectivity index (χ3v) is 9.45. The Labute approximate surface area is 251 Å². The summed E-state index contributed by atoms with van der Waals surface area (Å²) < 4.78 is 17.2. The topological polar surface area (TPSA) is 98.1 Å². The number of carbonyl (C=O) groups excluding carboxylic acids is 3. The first kappa shape index (κ1) is 24.9. The highest BCUT2D eigenvalue weighted by Crippen LogP contribution is 2.62. The maximum Gasteiger partial charge on any atom is 0.238 e. The summed E-state index contributed by atoms with van der Waals surface area (Å²) in [6, 6.07) is 27.7. The molecule has 0 radical (unpaired) electrons. The van der Waals surface area contributed by atoms with Crippen molar-refractivity contribution in [2.24, 2.45) is 5.92 Å². The number of ketones is 2. The molecule has 1 amide bonds. The number of anilines is 1. The summed E-state index contributed by atoms with van der Waals surface area (Å²) in [5.41, 5.74) is 2.58. The maximum atomic E-state index is 15.0. The molecule has 0 bridgehead atoms. The van der Waals surface area contributed by atoms with Crippen LogP contribution in [0.3, 0.4) is 0 Å². The van der Waals surface area contributed by atoms with Crippen LogP contribution in [0.25, 0.3) is 17.0 Å². The number of nitrogens with zero attached hydrogens (tertiary/aromatic N) is 1. The summed E-state index contributed by atoms with van der Waals surface area (Å²) in [5.74, 6) is -1.06. The number of nitrogens with one attached hydrogen (secondary N) is 1. The van der Waals surface area contributed by atoms with Crippen LogP contribution in [0.1, 0.15) is 43.6 Å². The molecule has 8 nitrogen and oxygen atoms in total. The largest absolute Gasteiger partial charge is 0.454 e. The molecule has 0 saturated carbocycles. The monoisotopic (exact) mass is 580 g/mol. The molecule has 4 aromatic carbocycles. The normalized spacial score (nSPS) is 23.9. The van der Waals surface area contributed by atoms with Crippen molar-refractivity contribution in [3.63, 3.8) is 0 Å². The second-order valence-electron chi connectivity index (χ2n) is 11.5. The molecule has 0 unspecified atom stereocenters. The maximum absolute atomic E-state index is 15.0. The van der Waals surface area contributed by atoms with Crippen molar-refractivity contribution in [3.05, 3.63) is 131 Å². The fraction of sp³-hybridized carbons (Fsp3) is 0.139. The fourth-order valence-corrected chi connectivity index (χ4v) is 7.64.